The van der Waals surface area contributed by atoms with Gasteiger partial charge in [-0.2, -0.15) is 0 Å². The standard InChI is InChI=1S/C26H30O4/c27-26(28)20-8-7-16-13-21-17(18-9-10-19(20)24(16)25(18)21)5-3-1-2-4-15-6-11-22-23(12-15)30-14-29-22/h6-12,16-21,24-25H,1-5,13-14H2,(H,27,28). The molecule has 4 heteroatoms. The highest BCUT2D eigenvalue weighted by atomic mass is 16.7. The molecule has 0 spiro atoms. The number of carbonyl (C=O) groups is 1. The molecule has 1 aromatic rings. The molecule has 5 aliphatic rings. The molecule has 0 amide bonds. The molecule has 2 saturated carbocycles. The maximum Gasteiger partial charge on any atom is 0.310 e. The highest BCUT2D eigenvalue weighted by molar-refractivity contribution is 5.73. The number of hydrogen-bond acceptors (Lipinski definition) is 3. The van der Waals surface area contributed by atoms with Gasteiger partial charge in [0.25, 0.3) is 0 Å². The molecular formula is C26H30O4. The maximum atomic E-state index is 11.7. The highest BCUT2D eigenvalue weighted by Crippen LogP contribution is 2.67. The molecule has 1 heterocycles. The molecule has 1 aromatic carbocycles. The van der Waals surface area contributed by atoms with E-state index in [1.807, 2.05) is 12.1 Å². The fraction of sp³-hybridized carbons (Fsp3) is 0.577. The van der Waals surface area contributed by atoms with E-state index < -0.39 is 5.97 Å². The monoisotopic (exact) mass is 406 g/mol. The van der Waals surface area contributed by atoms with E-state index in [-0.39, 0.29) is 11.8 Å². The Morgan fingerprint density at radius 2 is 1.83 bits per heavy atom. The normalized spacial score (nSPS) is 38.9. The van der Waals surface area contributed by atoms with E-state index in [1.54, 1.807) is 0 Å². The second kappa shape index (κ2) is 7.18. The van der Waals surface area contributed by atoms with Crippen LogP contribution in [0.25, 0.3) is 0 Å². The lowest BCUT2D eigenvalue weighted by atomic mass is 9.50. The highest BCUT2D eigenvalue weighted by Gasteiger charge is 2.62. The molecule has 4 aliphatic carbocycles. The van der Waals surface area contributed by atoms with Gasteiger partial charge in [-0.05, 0) is 84.8 Å². The summed E-state index contributed by atoms with van der Waals surface area (Å²) < 4.78 is 10.9. The number of benzene rings is 1. The van der Waals surface area contributed by atoms with Crippen molar-refractivity contribution in [3.05, 3.63) is 48.1 Å². The molecule has 1 aliphatic heterocycles. The summed E-state index contributed by atoms with van der Waals surface area (Å²) in [5.41, 5.74) is 1.34. The van der Waals surface area contributed by atoms with Gasteiger partial charge < -0.3 is 14.6 Å². The molecule has 1 N–H and O–H groups in total. The average molecular weight is 407 g/mol. The number of ether oxygens (including phenoxy) is 2. The lowest BCUT2D eigenvalue weighted by Crippen LogP contribution is -2.50. The molecule has 8 unspecified atom stereocenters. The number of aliphatic carboxylic acids is 1. The number of fused-ring (bicyclic) bond motifs is 1. The van der Waals surface area contributed by atoms with Crippen LogP contribution < -0.4 is 9.47 Å². The topological polar surface area (TPSA) is 55.8 Å². The summed E-state index contributed by atoms with van der Waals surface area (Å²) in [5, 5.41) is 9.60. The van der Waals surface area contributed by atoms with Crippen molar-refractivity contribution in [3.63, 3.8) is 0 Å². The predicted octanol–water partition coefficient (Wildman–Crippen LogP) is 5.09. The molecule has 4 nitrogen and oxygen atoms in total. The van der Waals surface area contributed by atoms with Gasteiger partial charge in [0.05, 0.1) is 5.92 Å². The van der Waals surface area contributed by atoms with E-state index in [0.717, 1.165) is 35.7 Å². The van der Waals surface area contributed by atoms with E-state index in [9.17, 15) is 9.90 Å². The van der Waals surface area contributed by atoms with Crippen molar-refractivity contribution in [2.75, 3.05) is 6.79 Å². The van der Waals surface area contributed by atoms with Crippen molar-refractivity contribution in [1.29, 1.82) is 0 Å². The van der Waals surface area contributed by atoms with Gasteiger partial charge in [-0.1, -0.05) is 43.2 Å². The lowest BCUT2D eigenvalue weighted by molar-refractivity contribution is -0.143. The zero-order valence-electron chi connectivity index (χ0n) is 17.3. The summed E-state index contributed by atoms with van der Waals surface area (Å²) in [5.74, 6) is 5.31. The van der Waals surface area contributed by atoms with Crippen molar-refractivity contribution in [3.8, 4) is 11.5 Å². The number of hydrogen-bond donors (Lipinski definition) is 1. The number of rotatable bonds is 7. The van der Waals surface area contributed by atoms with Crippen LogP contribution in [-0.4, -0.2) is 17.9 Å². The van der Waals surface area contributed by atoms with E-state index in [0.29, 0.717) is 24.5 Å². The number of carboxylic acids is 1. The smallest absolute Gasteiger partial charge is 0.310 e. The van der Waals surface area contributed by atoms with Crippen LogP contribution in [0.2, 0.25) is 0 Å². The largest absolute Gasteiger partial charge is 0.481 e. The van der Waals surface area contributed by atoms with E-state index in [1.165, 1.54) is 37.7 Å². The van der Waals surface area contributed by atoms with E-state index in [4.69, 9.17) is 9.47 Å². The Bertz CT molecular complexity index is 902. The van der Waals surface area contributed by atoms with Gasteiger partial charge in [0.1, 0.15) is 0 Å². The van der Waals surface area contributed by atoms with E-state index in [2.05, 4.69) is 30.4 Å². The molecule has 0 radical (unpaired) electrons. The fourth-order valence-electron chi connectivity index (χ4n) is 7.42. The molecule has 30 heavy (non-hydrogen) atoms. The van der Waals surface area contributed by atoms with Crippen molar-refractivity contribution in [2.45, 2.75) is 38.5 Å². The fourth-order valence-corrected chi connectivity index (χ4v) is 7.42. The van der Waals surface area contributed by atoms with Crippen LogP contribution in [0.5, 0.6) is 11.5 Å². The number of aryl methyl sites for hydroxylation is 1. The second-order valence-electron chi connectivity index (χ2n) is 9.96. The SMILES string of the molecule is O=C(O)C1C=CC2CC3C(CCCCCc4ccc5c(c4)OCO5)C4C=CC1C2C43. The minimum Gasteiger partial charge on any atom is -0.481 e. The molecule has 2 fully saturated rings. The molecule has 0 saturated heterocycles. The first-order chi connectivity index (χ1) is 14.7. The van der Waals surface area contributed by atoms with Crippen molar-refractivity contribution in [2.24, 2.45) is 47.3 Å². The summed E-state index contributed by atoms with van der Waals surface area (Å²) in [6.45, 7) is 0.340. The third-order valence-corrected chi connectivity index (χ3v) is 8.67. The van der Waals surface area contributed by atoms with Crippen LogP contribution >= 0.6 is 0 Å². The first kappa shape index (κ1) is 18.5. The van der Waals surface area contributed by atoms with Crippen LogP contribution in [0, 0.1) is 47.3 Å². The Hall–Kier alpha value is -2.23. The number of allylic oxidation sites excluding steroid dienone is 3. The van der Waals surface area contributed by atoms with Gasteiger partial charge in [-0.25, -0.2) is 0 Å². The Labute approximate surface area is 178 Å². The maximum absolute atomic E-state index is 11.7. The zero-order valence-corrected chi connectivity index (χ0v) is 17.3. The third-order valence-electron chi connectivity index (χ3n) is 8.67. The Kier molecular flexibility index (Phi) is 4.43. The first-order valence-corrected chi connectivity index (χ1v) is 11.7. The second-order valence-corrected chi connectivity index (χ2v) is 9.96. The van der Waals surface area contributed by atoms with Gasteiger partial charge in [0.15, 0.2) is 11.5 Å². The van der Waals surface area contributed by atoms with Gasteiger partial charge >= 0.3 is 5.97 Å². The van der Waals surface area contributed by atoms with Crippen LogP contribution in [0.4, 0.5) is 0 Å². The average Bonchev–Trinajstić information content (AvgIpc) is 3.34. The van der Waals surface area contributed by atoms with Gasteiger partial charge in [0.2, 0.25) is 6.79 Å². The quantitative estimate of drug-likeness (QED) is 0.506. The molecule has 6 rings (SSSR count). The summed E-state index contributed by atoms with van der Waals surface area (Å²) >= 11 is 0. The van der Waals surface area contributed by atoms with E-state index >= 15 is 0 Å². The summed E-state index contributed by atoms with van der Waals surface area (Å²) in [4.78, 5) is 11.7. The zero-order chi connectivity index (χ0) is 20.2. The summed E-state index contributed by atoms with van der Waals surface area (Å²) in [6, 6.07) is 6.31. The molecule has 0 aromatic heterocycles. The van der Waals surface area contributed by atoms with Crippen LogP contribution in [0.15, 0.2) is 42.5 Å². The molecular weight excluding hydrogens is 376 g/mol. The predicted molar refractivity (Wildman–Crippen MR) is 113 cm³/mol. The Morgan fingerprint density at radius 1 is 0.967 bits per heavy atom. The molecule has 158 valence electrons. The third kappa shape index (κ3) is 2.83. The Balaban J connectivity index is 1.02. The van der Waals surface area contributed by atoms with Crippen molar-refractivity contribution in [1.82, 2.24) is 0 Å². The number of unbranched alkanes of at least 4 members (excludes halogenated alkanes) is 2. The van der Waals surface area contributed by atoms with Gasteiger partial charge in [-0.3, -0.25) is 4.79 Å². The van der Waals surface area contributed by atoms with Crippen LogP contribution in [0.1, 0.15) is 37.7 Å². The van der Waals surface area contributed by atoms with Gasteiger partial charge in [-0.15, -0.1) is 0 Å². The van der Waals surface area contributed by atoms with Crippen LogP contribution in [0.3, 0.4) is 0 Å². The summed E-state index contributed by atoms with van der Waals surface area (Å²) in [6.07, 6.45) is 16.4. The molecule has 0 bridgehead atoms. The summed E-state index contributed by atoms with van der Waals surface area (Å²) in [7, 11) is 0. The lowest BCUT2D eigenvalue weighted by Gasteiger charge is -2.54. The van der Waals surface area contributed by atoms with Crippen LogP contribution in [-0.2, 0) is 11.2 Å². The molecule has 8 atom stereocenters. The van der Waals surface area contributed by atoms with Gasteiger partial charge in [0, 0.05) is 0 Å². The minimum atomic E-state index is -0.653. The minimum absolute atomic E-state index is 0.228. The van der Waals surface area contributed by atoms with Crippen molar-refractivity contribution < 1.29 is 19.4 Å². The Morgan fingerprint density at radius 3 is 2.73 bits per heavy atom. The first-order valence-electron chi connectivity index (χ1n) is 11.7. The van der Waals surface area contributed by atoms with Crippen molar-refractivity contribution >= 4 is 5.97 Å². The number of carboxylic acid groups (broad SMARTS) is 1.